The highest BCUT2D eigenvalue weighted by molar-refractivity contribution is 8.15. The highest BCUT2D eigenvalue weighted by atomic mass is 32.2. The maximum atomic E-state index is 12.1. The van der Waals surface area contributed by atoms with Gasteiger partial charge in [-0.3, -0.25) is 9.59 Å². The number of hydrogen-bond donors (Lipinski definition) is 2. The molecule has 4 bridgehead atoms. The molecule has 120 valence electrons. The van der Waals surface area contributed by atoms with Gasteiger partial charge in [-0.1, -0.05) is 11.8 Å². The van der Waals surface area contributed by atoms with E-state index in [1.54, 1.807) is 0 Å². The van der Waals surface area contributed by atoms with E-state index in [9.17, 15) is 9.59 Å². The van der Waals surface area contributed by atoms with Crippen LogP contribution in [0.5, 0.6) is 0 Å². The summed E-state index contributed by atoms with van der Waals surface area (Å²) in [6.07, 6.45) is 7.13. The summed E-state index contributed by atoms with van der Waals surface area (Å²) in [6, 6.07) is 0. The molecule has 5 aliphatic rings. The molecular formula is C16H23N3O2S. The van der Waals surface area contributed by atoms with Crippen molar-refractivity contribution in [3.05, 3.63) is 0 Å². The SMILES string of the molecule is NC1=NC(=O)[C@@H](CC(=O)NCC2C3CC4CC(C3)CC2C4)S1. The molecule has 5 rings (SSSR count). The smallest absolute Gasteiger partial charge is 0.262 e. The number of rotatable bonds is 4. The molecule has 1 heterocycles. The number of carbonyl (C=O) groups is 2. The Balaban J connectivity index is 1.28. The van der Waals surface area contributed by atoms with Gasteiger partial charge in [0.25, 0.3) is 5.91 Å². The molecule has 0 spiro atoms. The molecule has 4 aliphatic carbocycles. The van der Waals surface area contributed by atoms with Gasteiger partial charge >= 0.3 is 0 Å². The van der Waals surface area contributed by atoms with Crippen molar-refractivity contribution in [2.75, 3.05) is 6.54 Å². The summed E-state index contributed by atoms with van der Waals surface area (Å²) < 4.78 is 0. The second-order valence-electron chi connectivity index (χ2n) is 7.50. The molecule has 1 atom stereocenters. The fourth-order valence-electron chi connectivity index (χ4n) is 5.38. The largest absolute Gasteiger partial charge is 0.378 e. The lowest BCUT2D eigenvalue weighted by Gasteiger charge is -2.54. The molecule has 1 aliphatic heterocycles. The molecular weight excluding hydrogens is 298 g/mol. The van der Waals surface area contributed by atoms with Crippen LogP contribution in [-0.4, -0.2) is 28.8 Å². The maximum Gasteiger partial charge on any atom is 0.262 e. The number of aliphatic imine (C=N–C) groups is 1. The number of nitrogens with one attached hydrogen (secondary N) is 1. The first-order chi connectivity index (χ1) is 10.6. The predicted molar refractivity (Wildman–Crippen MR) is 86.2 cm³/mol. The lowest BCUT2D eigenvalue weighted by atomic mass is 9.52. The van der Waals surface area contributed by atoms with Crippen molar-refractivity contribution in [3.8, 4) is 0 Å². The molecule has 4 saturated carbocycles. The van der Waals surface area contributed by atoms with Gasteiger partial charge in [-0.15, -0.1) is 0 Å². The minimum absolute atomic E-state index is 0.0374. The lowest BCUT2D eigenvalue weighted by molar-refractivity contribution is -0.125. The minimum atomic E-state index is -0.418. The van der Waals surface area contributed by atoms with Crippen LogP contribution >= 0.6 is 11.8 Å². The van der Waals surface area contributed by atoms with E-state index >= 15 is 0 Å². The van der Waals surface area contributed by atoms with Crippen LogP contribution in [0, 0.1) is 29.6 Å². The predicted octanol–water partition coefficient (Wildman–Crippen LogP) is 1.52. The summed E-state index contributed by atoms with van der Waals surface area (Å²) in [5.74, 6) is 3.90. The van der Waals surface area contributed by atoms with E-state index in [4.69, 9.17) is 5.73 Å². The number of nitrogens with two attached hydrogens (primary N) is 1. The lowest BCUT2D eigenvalue weighted by Crippen LogP contribution is -2.49. The summed E-state index contributed by atoms with van der Waals surface area (Å²) in [7, 11) is 0. The first kappa shape index (κ1) is 14.5. The van der Waals surface area contributed by atoms with Gasteiger partial charge in [0.05, 0.1) is 0 Å². The summed E-state index contributed by atoms with van der Waals surface area (Å²) in [6.45, 7) is 0.787. The molecule has 5 nitrogen and oxygen atoms in total. The summed E-state index contributed by atoms with van der Waals surface area (Å²) in [4.78, 5) is 27.3. The standard InChI is InChI=1S/C16H23N3O2S/c17-16-19-15(21)13(22-16)6-14(20)18-7-12-10-2-8-1-9(4-10)5-11(12)3-8/h8-13H,1-7H2,(H,18,20)(H2,17,19,21)/t8?,9?,10?,11?,12?,13-/m1/s1. The van der Waals surface area contributed by atoms with Gasteiger partial charge in [-0.25, -0.2) is 0 Å². The van der Waals surface area contributed by atoms with E-state index in [-0.39, 0.29) is 23.4 Å². The maximum absolute atomic E-state index is 12.1. The van der Waals surface area contributed by atoms with Gasteiger partial charge in [0.1, 0.15) is 5.25 Å². The molecule has 0 aromatic carbocycles. The number of thioether (sulfide) groups is 1. The molecule has 22 heavy (non-hydrogen) atoms. The Kier molecular flexibility index (Phi) is 3.67. The van der Waals surface area contributed by atoms with Crippen molar-refractivity contribution in [2.24, 2.45) is 40.3 Å². The van der Waals surface area contributed by atoms with Crippen molar-refractivity contribution in [2.45, 2.75) is 43.8 Å². The van der Waals surface area contributed by atoms with E-state index < -0.39 is 5.25 Å². The Hall–Kier alpha value is -1.04. The fraction of sp³-hybridized carbons (Fsp3) is 0.812. The van der Waals surface area contributed by atoms with E-state index in [1.165, 1.54) is 43.9 Å². The third-order valence-corrected chi connectivity index (χ3v) is 7.07. The molecule has 4 fully saturated rings. The van der Waals surface area contributed by atoms with Crippen molar-refractivity contribution in [1.82, 2.24) is 5.32 Å². The van der Waals surface area contributed by atoms with Crippen molar-refractivity contribution >= 4 is 28.7 Å². The number of carbonyl (C=O) groups excluding carboxylic acids is 2. The molecule has 0 saturated heterocycles. The first-order valence-corrected chi connectivity index (χ1v) is 9.28. The van der Waals surface area contributed by atoms with Crippen molar-refractivity contribution in [1.29, 1.82) is 0 Å². The van der Waals surface area contributed by atoms with Crippen molar-refractivity contribution in [3.63, 3.8) is 0 Å². The van der Waals surface area contributed by atoms with Gasteiger partial charge in [0.2, 0.25) is 5.91 Å². The Bertz CT molecular complexity index is 505. The zero-order chi connectivity index (χ0) is 15.3. The van der Waals surface area contributed by atoms with Crippen LogP contribution in [0.1, 0.15) is 38.5 Å². The van der Waals surface area contributed by atoms with Crippen LogP contribution in [0.2, 0.25) is 0 Å². The first-order valence-electron chi connectivity index (χ1n) is 8.40. The number of amides is 2. The van der Waals surface area contributed by atoms with Crippen LogP contribution in [0.25, 0.3) is 0 Å². The average Bonchev–Trinajstić information content (AvgIpc) is 2.75. The van der Waals surface area contributed by atoms with Crippen LogP contribution in [0.3, 0.4) is 0 Å². The summed E-state index contributed by atoms with van der Waals surface area (Å²) in [5.41, 5.74) is 5.52. The van der Waals surface area contributed by atoms with E-state index in [0.717, 1.165) is 30.2 Å². The van der Waals surface area contributed by atoms with Gasteiger partial charge < -0.3 is 11.1 Å². The fourth-order valence-corrected chi connectivity index (χ4v) is 6.20. The van der Waals surface area contributed by atoms with Crippen LogP contribution in [0.15, 0.2) is 4.99 Å². The molecule has 3 N–H and O–H groups in total. The number of nitrogens with zero attached hydrogens (tertiary/aromatic N) is 1. The highest BCUT2D eigenvalue weighted by Crippen LogP contribution is 2.56. The second-order valence-corrected chi connectivity index (χ2v) is 8.72. The Labute approximate surface area is 134 Å². The molecule has 6 heteroatoms. The Morgan fingerprint density at radius 3 is 2.36 bits per heavy atom. The summed E-state index contributed by atoms with van der Waals surface area (Å²) in [5, 5.41) is 2.94. The topological polar surface area (TPSA) is 84.5 Å². The highest BCUT2D eigenvalue weighted by Gasteiger charge is 2.47. The molecule has 0 aromatic heterocycles. The minimum Gasteiger partial charge on any atom is -0.378 e. The molecule has 0 aromatic rings. The molecule has 0 radical (unpaired) electrons. The van der Waals surface area contributed by atoms with Gasteiger partial charge in [0.15, 0.2) is 5.17 Å². The van der Waals surface area contributed by atoms with E-state index in [2.05, 4.69) is 10.3 Å². The normalized spacial score (nSPS) is 42.5. The van der Waals surface area contributed by atoms with E-state index in [1.807, 2.05) is 0 Å². The zero-order valence-electron chi connectivity index (χ0n) is 12.7. The van der Waals surface area contributed by atoms with Crippen molar-refractivity contribution < 1.29 is 9.59 Å². The van der Waals surface area contributed by atoms with Gasteiger partial charge in [-0.05, 0) is 61.7 Å². The quantitative estimate of drug-likeness (QED) is 0.822. The van der Waals surface area contributed by atoms with Gasteiger partial charge in [-0.2, -0.15) is 4.99 Å². The molecule has 0 unspecified atom stereocenters. The summed E-state index contributed by atoms with van der Waals surface area (Å²) >= 11 is 1.20. The van der Waals surface area contributed by atoms with Crippen LogP contribution < -0.4 is 11.1 Å². The number of amidine groups is 1. The average molecular weight is 321 g/mol. The molecule has 2 amide bonds. The third kappa shape index (κ3) is 2.66. The van der Waals surface area contributed by atoms with E-state index in [0.29, 0.717) is 5.92 Å². The third-order valence-electron chi connectivity index (χ3n) is 6.09. The Morgan fingerprint density at radius 1 is 1.18 bits per heavy atom. The number of hydrogen-bond acceptors (Lipinski definition) is 4. The van der Waals surface area contributed by atoms with Crippen LogP contribution in [-0.2, 0) is 9.59 Å². The van der Waals surface area contributed by atoms with Gasteiger partial charge in [0, 0.05) is 13.0 Å². The zero-order valence-corrected chi connectivity index (χ0v) is 13.5. The second kappa shape index (κ2) is 5.55. The monoisotopic (exact) mass is 321 g/mol. The van der Waals surface area contributed by atoms with Crippen LogP contribution in [0.4, 0.5) is 0 Å². The Morgan fingerprint density at radius 2 is 1.82 bits per heavy atom.